The van der Waals surface area contributed by atoms with Crippen LogP contribution in [0.25, 0.3) is 0 Å². The Morgan fingerprint density at radius 1 is 0.850 bits per heavy atom. The molecule has 20 heavy (non-hydrogen) atoms. The number of hydrogen-bond donors (Lipinski definition) is 1. The lowest BCUT2D eigenvalue weighted by Gasteiger charge is -2.06. The fourth-order valence-electron chi connectivity index (χ4n) is 2.19. The molecule has 0 radical (unpaired) electrons. The minimum atomic E-state index is 0.326. The van der Waals surface area contributed by atoms with E-state index in [1.165, 1.54) is 11.1 Å². The van der Waals surface area contributed by atoms with Gasteiger partial charge in [0.05, 0.1) is 6.54 Å². The first kappa shape index (κ1) is 12.4. The van der Waals surface area contributed by atoms with Crippen molar-refractivity contribution in [2.24, 2.45) is 0 Å². The van der Waals surface area contributed by atoms with Gasteiger partial charge in [0.25, 0.3) is 0 Å². The highest BCUT2D eigenvalue weighted by molar-refractivity contribution is 5.23. The van der Waals surface area contributed by atoms with Crippen LogP contribution in [0.15, 0.2) is 60.7 Å². The zero-order valence-corrected chi connectivity index (χ0v) is 11.1. The molecule has 100 valence electrons. The maximum atomic E-state index is 5.74. The predicted octanol–water partition coefficient (Wildman–Crippen LogP) is 2.50. The average Bonchev–Trinajstić information content (AvgIpc) is 2.81. The van der Waals surface area contributed by atoms with Gasteiger partial charge in [-0.15, -0.1) is 5.10 Å². The number of aromatic nitrogens is 3. The summed E-state index contributed by atoms with van der Waals surface area (Å²) in [6, 6.07) is 20.4. The highest BCUT2D eigenvalue weighted by Crippen LogP contribution is 2.11. The molecule has 1 heterocycles. The van der Waals surface area contributed by atoms with Crippen molar-refractivity contribution in [3.63, 3.8) is 0 Å². The Kier molecular flexibility index (Phi) is 3.46. The van der Waals surface area contributed by atoms with Gasteiger partial charge in [-0.3, -0.25) is 0 Å². The number of benzene rings is 2. The molecule has 0 aliphatic rings. The Balaban J connectivity index is 1.85. The molecule has 0 saturated heterocycles. The maximum Gasteiger partial charge on any atom is 0.239 e. The Bertz CT molecular complexity index is 615. The number of rotatable bonds is 4. The first-order valence-electron chi connectivity index (χ1n) is 6.58. The number of nitrogens with zero attached hydrogens (tertiary/aromatic N) is 3. The summed E-state index contributed by atoms with van der Waals surface area (Å²) in [5.41, 5.74) is 8.13. The first-order chi connectivity index (χ1) is 9.81. The van der Waals surface area contributed by atoms with Crippen LogP contribution in [-0.4, -0.2) is 14.8 Å². The topological polar surface area (TPSA) is 56.7 Å². The minimum Gasteiger partial charge on any atom is -0.366 e. The zero-order valence-electron chi connectivity index (χ0n) is 11.1. The van der Waals surface area contributed by atoms with Crippen LogP contribution in [0.4, 0.5) is 5.95 Å². The van der Waals surface area contributed by atoms with E-state index in [1.54, 1.807) is 0 Å². The average molecular weight is 264 g/mol. The van der Waals surface area contributed by atoms with Gasteiger partial charge in [-0.25, -0.2) is 4.68 Å². The Morgan fingerprint density at radius 2 is 1.45 bits per heavy atom. The summed E-state index contributed by atoms with van der Waals surface area (Å²) in [7, 11) is 0. The highest BCUT2D eigenvalue weighted by Gasteiger charge is 2.09. The molecule has 0 amide bonds. The van der Waals surface area contributed by atoms with Crippen LogP contribution in [0.5, 0.6) is 0 Å². The number of nitrogen functional groups attached to an aromatic ring is 1. The third-order valence-corrected chi connectivity index (χ3v) is 3.14. The van der Waals surface area contributed by atoms with Crippen molar-refractivity contribution in [3.05, 3.63) is 77.6 Å². The van der Waals surface area contributed by atoms with E-state index < -0.39 is 0 Å². The van der Waals surface area contributed by atoms with Crippen LogP contribution in [-0.2, 0) is 13.0 Å². The molecule has 0 aliphatic heterocycles. The molecule has 2 aromatic carbocycles. The minimum absolute atomic E-state index is 0.326. The number of hydrogen-bond acceptors (Lipinski definition) is 3. The third kappa shape index (κ3) is 2.85. The van der Waals surface area contributed by atoms with E-state index in [0.717, 1.165) is 12.2 Å². The van der Waals surface area contributed by atoms with Crippen molar-refractivity contribution in [1.29, 1.82) is 0 Å². The molecule has 3 rings (SSSR count). The molecule has 4 heteroatoms. The monoisotopic (exact) mass is 264 g/mol. The summed E-state index contributed by atoms with van der Waals surface area (Å²) < 4.78 is 1.87. The predicted molar refractivity (Wildman–Crippen MR) is 79.2 cm³/mol. The van der Waals surface area contributed by atoms with Crippen LogP contribution in [0, 0.1) is 0 Å². The van der Waals surface area contributed by atoms with E-state index in [4.69, 9.17) is 5.73 Å². The molecule has 0 spiro atoms. The number of anilines is 1. The lowest BCUT2D eigenvalue weighted by atomic mass is 10.1. The SMILES string of the molecule is Nc1nc(Cc2ccccc2)n(Cc2ccccc2)n1. The van der Waals surface area contributed by atoms with Crippen LogP contribution >= 0.6 is 0 Å². The molecule has 0 unspecified atom stereocenters. The lowest BCUT2D eigenvalue weighted by Crippen LogP contribution is -2.07. The van der Waals surface area contributed by atoms with E-state index in [2.05, 4.69) is 34.3 Å². The highest BCUT2D eigenvalue weighted by atomic mass is 15.4. The molecule has 0 fully saturated rings. The van der Waals surface area contributed by atoms with Gasteiger partial charge in [-0.1, -0.05) is 60.7 Å². The molecule has 0 bridgehead atoms. The lowest BCUT2D eigenvalue weighted by molar-refractivity contribution is 0.649. The second kappa shape index (κ2) is 5.57. The normalized spacial score (nSPS) is 10.6. The largest absolute Gasteiger partial charge is 0.366 e. The standard InChI is InChI=1S/C16H16N4/c17-16-18-15(11-13-7-3-1-4-8-13)20(19-16)12-14-9-5-2-6-10-14/h1-10H,11-12H2,(H2,17,19). The quantitative estimate of drug-likeness (QED) is 0.787. The summed E-state index contributed by atoms with van der Waals surface area (Å²) >= 11 is 0. The van der Waals surface area contributed by atoms with Gasteiger partial charge in [-0.05, 0) is 11.1 Å². The van der Waals surface area contributed by atoms with Crippen molar-refractivity contribution in [2.75, 3.05) is 5.73 Å². The summed E-state index contributed by atoms with van der Waals surface area (Å²) in [5, 5.41) is 4.29. The van der Waals surface area contributed by atoms with Crippen molar-refractivity contribution in [2.45, 2.75) is 13.0 Å². The van der Waals surface area contributed by atoms with Gasteiger partial charge in [0.15, 0.2) is 0 Å². The van der Waals surface area contributed by atoms with Gasteiger partial charge in [-0.2, -0.15) is 4.98 Å². The molecule has 2 N–H and O–H groups in total. The summed E-state index contributed by atoms with van der Waals surface area (Å²) in [6.07, 6.45) is 0.734. The van der Waals surface area contributed by atoms with Gasteiger partial charge < -0.3 is 5.73 Å². The number of nitrogens with two attached hydrogens (primary N) is 1. The smallest absolute Gasteiger partial charge is 0.239 e. The van der Waals surface area contributed by atoms with E-state index in [0.29, 0.717) is 12.5 Å². The molecule has 3 aromatic rings. The molecule has 0 aliphatic carbocycles. The van der Waals surface area contributed by atoms with Gasteiger partial charge in [0.1, 0.15) is 5.82 Å². The molecule has 4 nitrogen and oxygen atoms in total. The van der Waals surface area contributed by atoms with Crippen molar-refractivity contribution < 1.29 is 0 Å². The van der Waals surface area contributed by atoms with Crippen molar-refractivity contribution in [3.8, 4) is 0 Å². The molecular formula is C16H16N4. The van der Waals surface area contributed by atoms with Crippen molar-refractivity contribution in [1.82, 2.24) is 14.8 Å². The van der Waals surface area contributed by atoms with Gasteiger partial charge >= 0.3 is 0 Å². The maximum absolute atomic E-state index is 5.74. The fourth-order valence-corrected chi connectivity index (χ4v) is 2.19. The van der Waals surface area contributed by atoms with Crippen LogP contribution < -0.4 is 5.73 Å². The summed E-state index contributed by atoms with van der Waals surface area (Å²) in [6.45, 7) is 0.688. The molecule has 0 saturated carbocycles. The van der Waals surface area contributed by atoms with Crippen molar-refractivity contribution >= 4 is 5.95 Å². The van der Waals surface area contributed by atoms with E-state index >= 15 is 0 Å². The molecule has 0 atom stereocenters. The Hall–Kier alpha value is -2.62. The third-order valence-electron chi connectivity index (χ3n) is 3.14. The molecular weight excluding hydrogens is 248 g/mol. The Labute approximate surface area is 117 Å². The van der Waals surface area contributed by atoms with E-state index in [9.17, 15) is 0 Å². The first-order valence-corrected chi connectivity index (χ1v) is 6.58. The van der Waals surface area contributed by atoms with Gasteiger partial charge in [0, 0.05) is 6.42 Å². The second-order valence-corrected chi connectivity index (χ2v) is 4.69. The summed E-state index contributed by atoms with van der Waals surface area (Å²) in [5.74, 6) is 1.21. The van der Waals surface area contributed by atoms with Gasteiger partial charge in [0.2, 0.25) is 5.95 Å². The zero-order chi connectivity index (χ0) is 13.8. The van der Waals surface area contributed by atoms with Crippen LogP contribution in [0.1, 0.15) is 17.0 Å². The molecule has 1 aromatic heterocycles. The van der Waals surface area contributed by atoms with Crippen LogP contribution in [0.3, 0.4) is 0 Å². The van der Waals surface area contributed by atoms with Crippen LogP contribution in [0.2, 0.25) is 0 Å². The van der Waals surface area contributed by atoms with E-state index in [1.807, 2.05) is 41.1 Å². The Morgan fingerprint density at radius 3 is 2.10 bits per heavy atom. The summed E-state index contributed by atoms with van der Waals surface area (Å²) in [4.78, 5) is 4.33. The second-order valence-electron chi connectivity index (χ2n) is 4.69. The fraction of sp³-hybridized carbons (Fsp3) is 0.125. The van der Waals surface area contributed by atoms with E-state index in [-0.39, 0.29) is 0 Å².